The van der Waals surface area contributed by atoms with E-state index < -0.39 is 0 Å². The van der Waals surface area contributed by atoms with Crippen LogP contribution in [0.5, 0.6) is 0 Å². The second-order valence-electron chi connectivity index (χ2n) is 9.78. The maximum Gasteiger partial charge on any atom is 0.216 e. The number of hydrogen-bond donors (Lipinski definition) is 1. The van der Waals surface area contributed by atoms with Crippen LogP contribution in [0.3, 0.4) is 0 Å². The van der Waals surface area contributed by atoms with Gasteiger partial charge in [-0.15, -0.1) is 0 Å². The molecule has 0 aromatic carbocycles. The minimum Gasteiger partial charge on any atom is -0.393 e. The van der Waals surface area contributed by atoms with Crippen molar-refractivity contribution in [3.8, 4) is 0 Å². The van der Waals surface area contributed by atoms with Crippen molar-refractivity contribution in [2.24, 2.45) is 28.6 Å². The summed E-state index contributed by atoms with van der Waals surface area (Å²) in [6.45, 7) is 4.89. The summed E-state index contributed by atoms with van der Waals surface area (Å²) >= 11 is 1.40. The molecule has 3 saturated carbocycles. The summed E-state index contributed by atoms with van der Waals surface area (Å²) in [4.78, 5) is 12.8. The molecule has 0 saturated heterocycles. The van der Waals surface area contributed by atoms with Crippen LogP contribution >= 0.6 is 11.8 Å². The van der Waals surface area contributed by atoms with Crippen molar-refractivity contribution >= 4 is 16.9 Å². The Labute approximate surface area is 161 Å². The van der Waals surface area contributed by atoms with Crippen molar-refractivity contribution in [3.05, 3.63) is 34.3 Å². The molecule has 3 fully saturated rings. The third-order valence-corrected chi connectivity index (χ3v) is 9.80. The number of thioether (sulfide) groups is 1. The quantitative estimate of drug-likeness (QED) is 0.621. The summed E-state index contributed by atoms with van der Waals surface area (Å²) in [6.07, 6.45) is 15.7. The van der Waals surface area contributed by atoms with E-state index in [1.165, 1.54) is 60.8 Å². The molecule has 6 atom stereocenters. The highest BCUT2D eigenvalue weighted by molar-refractivity contribution is 8.17. The average molecular weight is 371 g/mol. The second kappa shape index (κ2) is 5.85. The van der Waals surface area contributed by atoms with Crippen LogP contribution in [0.2, 0.25) is 0 Å². The predicted molar refractivity (Wildman–Crippen MR) is 106 cm³/mol. The number of aliphatic hydroxyl groups is 1. The Bertz CT molecular complexity index is 747. The van der Waals surface area contributed by atoms with Gasteiger partial charge in [0.25, 0.3) is 0 Å². The molecule has 0 bridgehead atoms. The highest BCUT2D eigenvalue weighted by atomic mass is 32.2. The molecule has 3 heteroatoms. The van der Waals surface area contributed by atoms with Gasteiger partial charge in [0.2, 0.25) is 5.12 Å². The molecule has 1 aliphatic heterocycles. The van der Waals surface area contributed by atoms with Crippen molar-refractivity contribution in [2.45, 2.75) is 71.3 Å². The van der Waals surface area contributed by atoms with Gasteiger partial charge < -0.3 is 5.11 Å². The first-order valence-corrected chi connectivity index (χ1v) is 11.3. The van der Waals surface area contributed by atoms with Gasteiger partial charge in [-0.25, -0.2) is 0 Å². The Hall–Kier alpha value is -0.800. The Kier molecular flexibility index (Phi) is 3.89. The Morgan fingerprint density at radius 2 is 1.88 bits per heavy atom. The molecule has 1 heterocycles. The molecular weight excluding hydrogens is 340 g/mol. The standard InChI is InChI=1S/C23H30O2S/c1-22-11-9-14(19-6-8-21(25)26-19)13-15(22)3-4-16-17-5-7-20(24)23(17,2)12-10-18(16)22/h6,8,13,16-18,20,24H,3-5,7,9-12H2,1-2H3/b19-14+/t16-,17-,18-,20-,22-,23-/m0/s1. The average Bonchev–Trinajstić information content (AvgIpc) is 3.18. The van der Waals surface area contributed by atoms with Gasteiger partial charge in [0.05, 0.1) is 6.10 Å². The molecule has 2 nitrogen and oxygen atoms in total. The molecule has 5 rings (SSSR count). The second-order valence-corrected chi connectivity index (χ2v) is 10.8. The molecule has 140 valence electrons. The van der Waals surface area contributed by atoms with E-state index in [0.717, 1.165) is 30.6 Å². The largest absolute Gasteiger partial charge is 0.393 e. The first kappa shape index (κ1) is 17.3. The van der Waals surface area contributed by atoms with Crippen molar-refractivity contribution in [2.75, 3.05) is 0 Å². The van der Waals surface area contributed by atoms with Crippen molar-refractivity contribution < 1.29 is 9.90 Å². The van der Waals surface area contributed by atoms with Crippen LogP contribution in [-0.2, 0) is 4.79 Å². The molecule has 0 amide bonds. The maximum atomic E-state index is 11.6. The number of carbonyl (C=O) groups is 1. The van der Waals surface area contributed by atoms with Crippen LogP contribution in [0.1, 0.15) is 65.2 Å². The number of allylic oxidation sites excluding steroid dienone is 4. The van der Waals surface area contributed by atoms with Crippen LogP contribution in [0, 0.1) is 28.6 Å². The third-order valence-electron chi connectivity index (χ3n) is 8.85. The molecule has 0 aromatic rings. The van der Waals surface area contributed by atoms with Crippen LogP contribution < -0.4 is 0 Å². The molecular formula is C23H30O2S. The van der Waals surface area contributed by atoms with Gasteiger partial charge in [-0.2, -0.15) is 0 Å². The summed E-state index contributed by atoms with van der Waals surface area (Å²) in [5, 5.41) is 10.8. The SMILES string of the molecule is C[C@]12CC[C@H]3[C@@H](CCC4=C/C(=C5\C=CC(=O)S5)CC[C@@]43C)[C@@H]1CC[C@@H]2O. The van der Waals surface area contributed by atoms with Gasteiger partial charge in [0.15, 0.2) is 0 Å². The van der Waals surface area contributed by atoms with E-state index in [0.29, 0.717) is 5.41 Å². The lowest BCUT2D eigenvalue weighted by Gasteiger charge is -2.58. The summed E-state index contributed by atoms with van der Waals surface area (Å²) in [6, 6.07) is 0. The maximum absolute atomic E-state index is 11.6. The Morgan fingerprint density at radius 3 is 2.65 bits per heavy atom. The molecule has 0 spiro atoms. The van der Waals surface area contributed by atoms with Gasteiger partial charge >= 0.3 is 0 Å². The minimum atomic E-state index is -0.0791. The first-order chi connectivity index (χ1) is 12.4. The molecule has 26 heavy (non-hydrogen) atoms. The lowest BCUT2D eigenvalue weighted by Crippen LogP contribution is -2.50. The van der Waals surface area contributed by atoms with E-state index in [-0.39, 0.29) is 16.6 Å². The van der Waals surface area contributed by atoms with Gasteiger partial charge in [0.1, 0.15) is 0 Å². The molecule has 5 aliphatic rings. The van der Waals surface area contributed by atoms with Gasteiger partial charge in [-0.1, -0.05) is 25.5 Å². The molecule has 0 unspecified atom stereocenters. The number of hydrogen-bond acceptors (Lipinski definition) is 3. The lowest BCUT2D eigenvalue weighted by atomic mass is 9.47. The van der Waals surface area contributed by atoms with E-state index in [4.69, 9.17) is 0 Å². The molecule has 4 aliphatic carbocycles. The number of fused-ring (bicyclic) bond motifs is 5. The summed E-state index contributed by atoms with van der Waals surface area (Å²) in [7, 11) is 0. The van der Waals surface area contributed by atoms with E-state index in [1.54, 1.807) is 11.6 Å². The summed E-state index contributed by atoms with van der Waals surface area (Å²) < 4.78 is 0. The van der Waals surface area contributed by atoms with E-state index in [1.807, 2.05) is 6.08 Å². The predicted octanol–water partition coefficient (Wildman–Crippen LogP) is 5.39. The zero-order valence-corrected chi connectivity index (χ0v) is 16.8. The first-order valence-electron chi connectivity index (χ1n) is 10.4. The zero-order valence-electron chi connectivity index (χ0n) is 16.0. The normalized spacial score (nSPS) is 50.3. The fourth-order valence-electron chi connectivity index (χ4n) is 7.25. The topological polar surface area (TPSA) is 37.3 Å². The Morgan fingerprint density at radius 1 is 1.04 bits per heavy atom. The summed E-state index contributed by atoms with van der Waals surface area (Å²) in [5.74, 6) is 2.30. The number of carbonyl (C=O) groups excluding carboxylic acids is 1. The highest BCUT2D eigenvalue weighted by Gasteiger charge is 2.58. The fourth-order valence-corrected chi connectivity index (χ4v) is 8.03. The van der Waals surface area contributed by atoms with Crippen LogP contribution in [0.25, 0.3) is 0 Å². The van der Waals surface area contributed by atoms with E-state index in [2.05, 4.69) is 19.9 Å². The molecule has 1 N–H and O–H groups in total. The van der Waals surface area contributed by atoms with Crippen LogP contribution in [-0.4, -0.2) is 16.3 Å². The number of aliphatic hydroxyl groups excluding tert-OH is 1. The fraction of sp³-hybridized carbons (Fsp3) is 0.696. The lowest BCUT2D eigenvalue weighted by molar-refractivity contribution is -0.106. The van der Waals surface area contributed by atoms with Gasteiger partial charge in [0, 0.05) is 4.91 Å². The van der Waals surface area contributed by atoms with Crippen molar-refractivity contribution in [1.82, 2.24) is 0 Å². The summed E-state index contributed by atoms with van der Waals surface area (Å²) in [5.41, 5.74) is 3.54. The smallest absolute Gasteiger partial charge is 0.216 e. The zero-order chi connectivity index (χ0) is 18.1. The van der Waals surface area contributed by atoms with Crippen LogP contribution in [0.4, 0.5) is 0 Å². The molecule has 0 radical (unpaired) electrons. The minimum absolute atomic E-state index is 0.0791. The van der Waals surface area contributed by atoms with Crippen molar-refractivity contribution in [3.63, 3.8) is 0 Å². The van der Waals surface area contributed by atoms with Crippen molar-refractivity contribution in [1.29, 1.82) is 0 Å². The highest BCUT2D eigenvalue weighted by Crippen LogP contribution is 2.65. The van der Waals surface area contributed by atoms with Gasteiger partial charge in [-0.05, 0) is 109 Å². The van der Waals surface area contributed by atoms with E-state index in [9.17, 15) is 9.90 Å². The van der Waals surface area contributed by atoms with Crippen LogP contribution in [0.15, 0.2) is 34.3 Å². The third kappa shape index (κ3) is 2.32. The number of rotatable bonds is 0. The Balaban J connectivity index is 1.47. The van der Waals surface area contributed by atoms with E-state index >= 15 is 0 Å². The molecule has 0 aromatic heterocycles. The monoisotopic (exact) mass is 370 g/mol. The van der Waals surface area contributed by atoms with Gasteiger partial charge in [-0.3, -0.25) is 4.79 Å².